The number of aliphatic imine (C=N–C) groups is 1. The zero-order valence-electron chi connectivity index (χ0n) is 17.6. The molecular formula is C21H27ClN6O3. The van der Waals surface area contributed by atoms with Crippen LogP contribution in [0.4, 0.5) is 0 Å². The van der Waals surface area contributed by atoms with E-state index in [0.29, 0.717) is 49.5 Å². The van der Waals surface area contributed by atoms with Gasteiger partial charge in [0.1, 0.15) is 12.6 Å². The van der Waals surface area contributed by atoms with Crippen molar-refractivity contribution in [2.75, 3.05) is 39.3 Å². The van der Waals surface area contributed by atoms with E-state index in [1.54, 1.807) is 12.1 Å². The van der Waals surface area contributed by atoms with Crippen LogP contribution in [0.1, 0.15) is 25.7 Å². The SMILES string of the molecule is CCNC(=NCc1nc(-c2ccc(Cl)cc2)no1)N1CCN(C(=O)C2CCCO2)CC1. The van der Waals surface area contributed by atoms with Crippen LogP contribution >= 0.6 is 11.6 Å². The standard InChI is InChI=1S/C21H27ClN6O3/c1-2-23-21(28-11-9-27(10-12-28)20(29)17-4-3-13-30-17)24-14-18-25-19(26-31-18)15-5-7-16(22)8-6-15/h5-8,17H,2-4,9-14H2,1H3,(H,23,24). The van der Waals surface area contributed by atoms with Gasteiger partial charge in [-0.3, -0.25) is 4.79 Å². The summed E-state index contributed by atoms with van der Waals surface area (Å²) in [6.07, 6.45) is 1.52. The zero-order chi connectivity index (χ0) is 21.6. The summed E-state index contributed by atoms with van der Waals surface area (Å²) in [4.78, 5) is 25.7. The van der Waals surface area contributed by atoms with Crippen molar-refractivity contribution in [3.8, 4) is 11.4 Å². The first-order chi connectivity index (χ1) is 15.1. The van der Waals surface area contributed by atoms with Crippen LogP contribution in [0, 0.1) is 0 Å². The number of guanidine groups is 1. The number of carbonyl (C=O) groups is 1. The molecule has 2 aromatic rings. The molecule has 0 radical (unpaired) electrons. The quantitative estimate of drug-likeness (QED) is 0.555. The van der Waals surface area contributed by atoms with Gasteiger partial charge in [-0.25, -0.2) is 4.99 Å². The van der Waals surface area contributed by atoms with E-state index in [-0.39, 0.29) is 18.6 Å². The van der Waals surface area contributed by atoms with Gasteiger partial charge in [0.25, 0.3) is 5.91 Å². The van der Waals surface area contributed by atoms with Gasteiger partial charge < -0.3 is 24.4 Å². The molecule has 0 bridgehead atoms. The minimum atomic E-state index is -0.263. The van der Waals surface area contributed by atoms with Crippen molar-refractivity contribution in [2.24, 2.45) is 4.99 Å². The topological polar surface area (TPSA) is 96.1 Å². The van der Waals surface area contributed by atoms with Crippen molar-refractivity contribution >= 4 is 23.5 Å². The van der Waals surface area contributed by atoms with E-state index in [1.165, 1.54) is 0 Å². The Labute approximate surface area is 186 Å². The Kier molecular flexibility index (Phi) is 7.03. The number of ether oxygens (including phenoxy) is 1. The molecule has 1 atom stereocenters. The van der Waals surface area contributed by atoms with Gasteiger partial charge in [0, 0.05) is 49.9 Å². The predicted octanol–water partition coefficient (Wildman–Crippen LogP) is 2.18. The molecule has 0 spiro atoms. The number of benzene rings is 1. The van der Waals surface area contributed by atoms with E-state index >= 15 is 0 Å². The van der Waals surface area contributed by atoms with Crippen molar-refractivity contribution in [1.82, 2.24) is 25.3 Å². The normalized spacial score (nSPS) is 19.7. The molecule has 4 rings (SSSR count). The van der Waals surface area contributed by atoms with E-state index in [0.717, 1.165) is 30.9 Å². The van der Waals surface area contributed by atoms with Crippen molar-refractivity contribution in [3.05, 3.63) is 35.2 Å². The summed E-state index contributed by atoms with van der Waals surface area (Å²) >= 11 is 5.93. The molecule has 1 aromatic carbocycles. The smallest absolute Gasteiger partial charge is 0.251 e. The maximum Gasteiger partial charge on any atom is 0.251 e. The van der Waals surface area contributed by atoms with Gasteiger partial charge in [-0.05, 0) is 44.0 Å². The predicted molar refractivity (Wildman–Crippen MR) is 117 cm³/mol. The third-order valence-electron chi connectivity index (χ3n) is 5.37. The van der Waals surface area contributed by atoms with Crippen LogP contribution in [0.3, 0.4) is 0 Å². The second-order valence-electron chi connectivity index (χ2n) is 7.50. The van der Waals surface area contributed by atoms with Crippen LogP contribution in [0.15, 0.2) is 33.8 Å². The molecule has 166 valence electrons. The molecule has 31 heavy (non-hydrogen) atoms. The van der Waals surface area contributed by atoms with Gasteiger partial charge in [0.2, 0.25) is 11.7 Å². The molecule has 10 heteroatoms. The Bertz CT molecular complexity index is 902. The Morgan fingerprint density at radius 3 is 2.65 bits per heavy atom. The number of nitrogens with one attached hydrogen (secondary N) is 1. The van der Waals surface area contributed by atoms with E-state index in [9.17, 15) is 4.79 Å². The van der Waals surface area contributed by atoms with E-state index < -0.39 is 0 Å². The fourth-order valence-corrected chi connectivity index (χ4v) is 3.84. The highest BCUT2D eigenvalue weighted by Crippen LogP contribution is 2.19. The molecule has 1 N–H and O–H groups in total. The third-order valence-corrected chi connectivity index (χ3v) is 5.62. The van der Waals surface area contributed by atoms with Crippen molar-refractivity contribution in [1.29, 1.82) is 0 Å². The number of hydrogen-bond donors (Lipinski definition) is 1. The van der Waals surface area contributed by atoms with Gasteiger partial charge in [-0.1, -0.05) is 16.8 Å². The van der Waals surface area contributed by atoms with Crippen LogP contribution in [0.25, 0.3) is 11.4 Å². The second kappa shape index (κ2) is 10.1. The molecule has 3 heterocycles. The molecule has 1 amide bonds. The van der Waals surface area contributed by atoms with E-state index in [1.807, 2.05) is 24.0 Å². The maximum absolute atomic E-state index is 12.6. The Balaban J connectivity index is 1.35. The van der Waals surface area contributed by atoms with Crippen LogP contribution in [-0.2, 0) is 16.1 Å². The first-order valence-corrected chi connectivity index (χ1v) is 11.0. The van der Waals surface area contributed by atoms with Crippen LogP contribution in [0.5, 0.6) is 0 Å². The lowest BCUT2D eigenvalue weighted by molar-refractivity contribution is -0.142. The van der Waals surface area contributed by atoms with Crippen molar-refractivity contribution in [3.63, 3.8) is 0 Å². The number of hydrogen-bond acceptors (Lipinski definition) is 6. The Hall–Kier alpha value is -2.65. The maximum atomic E-state index is 12.6. The molecule has 2 saturated heterocycles. The van der Waals surface area contributed by atoms with Gasteiger partial charge in [0.15, 0.2) is 5.96 Å². The molecule has 0 saturated carbocycles. The summed E-state index contributed by atoms with van der Waals surface area (Å²) in [6.45, 7) is 6.47. The monoisotopic (exact) mass is 446 g/mol. The lowest BCUT2D eigenvalue weighted by atomic mass is 10.2. The van der Waals surface area contributed by atoms with Crippen LogP contribution in [0.2, 0.25) is 5.02 Å². The molecule has 2 aliphatic rings. The number of amides is 1. The first kappa shape index (κ1) is 21.6. The van der Waals surface area contributed by atoms with Gasteiger partial charge >= 0.3 is 0 Å². The van der Waals surface area contributed by atoms with E-state index in [2.05, 4.69) is 25.3 Å². The average molecular weight is 447 g/mol. The van der Waals surface area contributed by atoms with Gasteiger partial charge in [0.05, 0.1) is 0 Å². The molecule has 2 aliphatic heterocycles. The molecule has 0 aliphatic carbocycles. The average Bonchev–Trinajstić information content (AvgIpc) is 3.49. The molecule has 1 unspecified atom stereocenters. The first-order valence-electron chi connectivity index (χ1n) is 10.7. The summed E-state index contributed by atoms with van der Waals surface area (Å²) in [7, 11) is 0. The summed E-state index contributed by atoms with van der Waals surface area (Å²) in [5, 5.41) is 8.00. The van der Waals surface area contributed by atoms with Crippen LogP contribution < -0.4 is 5.32 Å². The minimum Gasteiger partial charge on any atom is -0.368 e. The lowest BCUT2D eigenvalue weighted by Gasteiger charge is -2.37. The lowest BCUT2D eigenvalue weighted by Crippen LogP contribution is -2.55. The molecule has 2 fully saturated rings. The number of rotatable bonds is 5. The zero-order valence-corrected chi connectivity index (χ0v) is 18.3. The summed E-state index contributed by atoms with van der Waals surface area (Å²) in [5.74, 6) is 1.83. The fraction of sp³-hybridized carbons (Fsp3) is 0.524. The summed E-state index contributed by atoms with van der Waals surface area (Å²) in [5.41, 5.74) is 0.835. The molecule has 9 nitrogen and oxygen atoms in total. The number of piperazine rings is 1. The number of carbonyl (C=O) groups excluding carboxylic acids is 1. The number of nitrogens with zero attached hydrogens (tertiary/aromatic N) is 5. The fourth-order valence-electron chi connectivity index (χ4n) is 3.72. The molecule has 1 aromatic heterocycles. The highest BCUT2D eigenvalue weighted by atomic mass is 35.5. The Morgan fingerprint density at radius 2 is 1.97 bits per heavy atom. The summed E-state index contributed by atoms with van der Waals surface area (Å²) < 4.78 is 10.9. The van der Waals surface area contributed by atoms with Crippen molar-refractivity contribution < 1.29 is 14.1 Å². The second-order valence-corrected chi connectivity index (χ2v) is 7.94. The summed E-state index contributed by atoms with van der Waals surface area (Å²) in [6, 6.07) is 7.28. The largest absolute Gasteiger partial charge is 0.368 e. The highest BCUT2D eigenvalue weighted by Gasteiger charge is 2.30. The van der Waals surface area contributed by atoms with Crippen molar-refractivity contribution in [2.45, 2.75) is 32.4 Å². The van der Waals surface area contributed by atoms with E-state index in [4.69, 9.17) is 20.9 Å². The van der Waals surface area contributed by atoms with Gasteiger partial charge in [-0.15, -0.1) is 0 Å². The van der Waals surface area contributed by atoms with Crippen LogP contribution in [-0.4, -0.2) is 77.2 Å². The third kappa shape index (κ3) is 5.34. The number of aromatic nitrogens is 2. The molecular weight excluding hydrogens is 420 g/mol. The van der Waals surface area contributed by atoms with Gasteiger partial charge in [-0.2, -0.15) is 4.98 Å². The Morgan fingerprint density at radius 1 is 1.23 bits per heavy atom. The number of halogens is 1. The minimum absolute atomic E-state index is 0.111. The highest BCUT2D eigenvalue weighted by molar-refractivity contribution is 6.30.